The van der Waals surface area contributed by atoms with Gasteiger partial charge in [0.25, 0.3) is 0 Å². The van der Waals surface area contributed by atoms with Crippen LogP contribution in [0, 0.1) is 17.6 Å². The van der Waals surface area contributed by atoms with Crippen LogP contribution in [0.1, 0.15) is 23.6 Å². The molecule has 3 aromatic carbocycles. The van der Waals surface area contributed by atoms with Crippen LogP contribution in [-0.4, -0.2) is 36.2 Å². The molecular weight excluding hydrogens is 452 g/mol. The van der Waals surface area contributed by atoms with Gasteiger partial charge in [-0.3, -0.25) is 14.4 Å². The molecule has 0 aliphatic rings. The maximum Gasteiger partial charge on any atom is 0.246 e. The number of benzene rings is 3. The summed E-state index contributed by atoms with van der Waals surface area (Å²) in [6.07, 6.45) is 0.596. The van der Waals surface area contributed by atoms with Gasteiger partial charge in [0.2, 0.25) is 17.7 Å². The fraction of sp³-hybridized carbons (Fsp3) is 0.222. The average molecular weight is 480 g/mol. The zero-order chi connectivity index (χ0) is 25.5. The van der Waals surface area contributed by atoms with Gasteiger partial charge in [0.1, 0.15) is 24.1 Å². The second kappa shape index (κ2) is 11.4. The normalized spacial score (nSPS) is 11.5. The quantitative estimate of drug-likeness (QED) is 0.476. The summed E-state index contributed by atoms with van der Waals surface area (Å²) >= 11 is 0. The highest BCUT2D eigenvalue weighted by Crippen LogP contribution is 2.23. The number of para-hydroxylation sites is 1. The Bertz CT molecular complexity index is 1200. The smallest absolute Gasteiger partial charge is 0.246 e. The number of nitrogens with zero attached hydrogens (tertiary/aromatic N) is 2. The fourth-order valence-electron chi connectivity index (χ4n) is 3.74. The molecule has 0 saturated carbocycles. The highest BCUT2D eigenvalue weighted by Gasteiger charge is 2.28. The zero-order valence-electron chi connectivity index (χ0n) is 19.6. The van der Waals surface area contributed by atoms with Crippen molar-refractivity contribution < 1.29 is 23.2 Å². The molecule has 2 N–H and O–H groups in total. The number of amides is 3. The number of likely N-dealkylation sites (N-methyl/N-ethyl adjacent to an activating group) is 1. The van der Waals surface area contributed by atoms with E-state index in [0.29, 0.717) is 18.2 Å². The molecule has 0 bridgehead atoms. The van der Waals surface area contributed by atoms with Crippen LogP contribution in [0.15, 0.2) is 72.8 Å². The molecule has 3 amide bonds. The molecule has 0 aliphatic heterocycles. The van der Waals surface area contributed by atoms with Gasteiger partial charge in [-0.1, -0.05) is 48.5 Å². The van der Waals surface area contributed by atoms with Crippen LogP contribution < -0.4 is 10.6 Å². The van der Waals surface area contributed by atoms with E-state index in [1.165, 1.54) is 11.8 Å². The molecule has 3 rings (SSSR count). The van der Waals surface area contributed by atoms with Crippen molar-refractivity contribution in [1.29, 1.82) is 0 Å². The van der Waals surface area contributed by atoms with Gasteiger partial charge < -0.3 is 15.5 Å². The summed E-state index contributed by atoms with van der Waals surface area (Å²) in [7, 11) is 1.59. The minimum absolute atomic E-state index is 0.146. The highest BCUT2D eigenvalue weighted by molar-refractivity contribution is 6.02. The number of hydrogen-bond acceptors (Lipinski definition) is 3. The van der Waals surface area contributed by atoms with Crippen molar-refractivity contribution in [1.82, 2.24) is 4.90 Å². The predicted octanol–water partition coefficient (Wildman–Crippen LogP) is 3.67. The molecule has 0 spiro atoms. The fourth-order valence-corrected chi connectivity index (χ4v) is 3.74. The van der Waals surface area contributed by atoms with E-state index in [1.807, 2.05) is 42.5 Å². The summed E-state index contributed by atoms with van der Waals surface area (Å²) in [6.45, 7) is 0.647. The van der Waals surface area contributed by atoms with Crippen molar-refractivity contribution in [3.8, 4) is 0 Å². The van der Waals surface area contributed by atoms with Gasteiger partial charge >= 0.3 is 0 Å². The third-order valence-corrected chi connectivity index (χ3v) is 5.70. The summed E-state index contributed by atoms with van der Waals surface area (Å²) in [5.74, 6) is -4.84. The molecule has 0 aliphatic carbocycles. The number of nitrogens with two attached hydrogens (primary N) is 1. The van der Waals surface area contributed by atoms with E-state index in [4.69, 9.17) is 5.73 Å². The molecule has 182 valence electrons. The largest absolute Gasteiger partial charge is 0.369 e. The second-order valence-corrected chi connectivity index (χ2v) is 8.34. The summed E-state index contributed by atoms with van der Waals surface area (Å²) in [5, 5.41) is 0. The number of anilines is 1. The van der Waals surface area contributed by atoms with Crippen molar-refractivity contribution in [2.75, 3.05) is 18.5 Å². The number of hydrogen-bond donors (Lipinski definition) is 1. The van der Waals surface area contributed by atoms with Gasteiger partial charge in [-0.25, -0.2) is 8.78 Å². The Morgan fingerprint density at radius 1 is 0.886 bits per heavy atom. The molecule has 1 unspecified atom stereocenters. The van der Waals surface area contributed by atoms with Crippen molar-refractivity contribution >= 4 is 23.4 Å². The molecule has 1 atom stereocenters. The van der Waals surface area contributed by atoms with Crippen LogP contribution in [0.3, 0.4) is 0 Å². The number of primary amides is 1. The minimum atomic E-state index is -1.21. The van der Waals surface area contributed by atoms with Crippen LogP contribution in [0.4, 0.5) is 14.5 Å². The molecule has 3 aromatic rings. The van der Waals surface area contributed by atoms with Gasteiger partial charge in [0.15, 0.2) is 0 Å². The van der Waals surface area contributed by atoms with E-state index in [0.717, 1.165) is 28.2 Å². The molecule has 0 heterocycles. The lowest BCUT2D eigenvalue weighted by Gasteiger charge is -2.28. The van der Waals surface area contributed by atoms with Crippen molar-refractivity contribution in [2.45, 2.75) is 19.9 Å². The molecular formula is C27H27F2N3O3. The second-order valence-electron chi connectivity index (χ2n) is 8.34. The van der Waals surface area contributed by atoms with E-state index in [1.54, 1.807) is 19.2 Å². The first-order valence-electron chi connectivity index (χ1n) is 11.1. The monoisotopic (exact) mass is 479 g/mol. The van der Waals surface area contributed by atoms with E-state index < -0.39 is 41.8 Å². The summed E-state index contributed by atoms with van der Waals surface area (Å²) in [5.41, 5.74) is 8.07. The van der Waals surface area contributed by atoms with Crippen molar-refractivity contribution in [2.24, 2.45) is 11.7 Å². The van der Waals surface area contributed by atoms with Crippen LogP contribution >= 0.6 is 0 Å². The first-order chi connectivity index (χ1) is 16.7. The average Bonchev–Trinajstić information content (AvgIpc) is 2.82. The van der Waals surface area contributed by atoms with Gasteiger partial charge in [0, 0.05) is 25.3 Å². The molecule has 0 radical (unpaired) electrons. The maximum atomic E-state index is 13.7. The van der Waals surface area contributed by atoms with E-state index >= 15 is 0 Å². The van der Waals surface area contributed by atoms with Gasteiger partial charge in [0.05, 0.1) is 0 Å². The first kappa shape index (κ1) is 25.6. The Labute approximate surface area is 203 Å². The third-order valence-electron chi connectivity index (χ3n) is 5.70. The summed E-state index contributed by atoms with van der Waals surface area (Å²) < 4.78 is 27.4. The third kappa shape index (κ3) is 6.72. The number of carbonyl (C=O) groups excluding carboxylic acids is 3. The Balaban J connectivity index is 1.85. The Morgan fingerprint density at radius 2 is 1.49 bits per heavy atom. The summed E-state index contributed by atoms with van der Waals surface area (Å²) in [4.78, 5) is 40.3. The van der Waals surface area contributed by atoms with Crippen molar-refractivity contribution in [3.05, 3.63) is 101 Å². The number of carbonyl (C=O) groups is 3. The SMILES string of the molecule is CC(C(N)=O)C(=O)N(CC(=O)N(C)c1ccccc1Cc1ccccc1)Cc1cc(F)cc(F)c1. The maximum absolute atomic E-state index is 13.7. The van der Waals surface area contributed by atoms with Crippen LogP contribution in [-0.2, 0) is 27.3 Å². The highest BCUT2D eigenvalue weighted by atomic mass is 19.1. The lowest BCUT2D eigenvalue weighted by molar-refractivity contribution is -0.143. The molecule has 35 heavy (non-hydrogen) atoms. The molecule has 8 heteroatoms. The molecule has 0 fully saturated rings. The zero-order valence-corrected chi connectivity index (χ0v) is 19.6. The van der Waals surface area contributed by atoms with Crippen LogP contribution in [0.25, 0.3) is 0 Å². The van der Waals surface area contributed by atoms with Gasteiger partial charge in [-0.05, 0) is 48.2 Å². The van der Waals surface area contributed by atoms with Crippen molar-refractivity contribution in [3.63, 3.8) is 0 Å². The lowest BCUT2D eigenvalue weighted by Crippen LogP contribution is -2.45. The van der Waals surface area contributed by atoms with Gasteiger partial charge in [-0.2, -0.15) is 0 Å². The summed E-state index contributed by atoms with van der Waals surface area (Å²) in [6, 6.07) is 20.0. The standard InChI is InChI=1S/C27H27F2N3O3/c1-18(26(30)34)27(35)32(16-20-13-22(28)15-23(29)14-20)17-25(33)31(2)24-11-7-6-10-21(24)12-19-8-4-3-5-9-19/h3-11,13-15,18H,12,16-17H2,1-2H3,(H2,30,34). The minimum Gasteiger partial charge on any atom is -0.369 e. The van der Waals surface area contributed by atoms with Crippen LogP contribution in [0.2, 0.25) is 0 Å². The Hall–Kier alpha value is -4.07. The lowest BCUT2D eigenvalue weighted by atomic mass is 10.0. The van der Waals surface area contributed by atoms with Gasteiger partial charge in [-0.15, -0.1) is 0 Å². The first-order valence-corrected chi connectivity index (χ1v) is 11.1. The topological polar surface area (TPSA) is 83.7 Å². The Kier molecular flexibility index (Phi) is 8.30. The molecule has 0 saturated heterocycles. The number of rotatable bonds is 9. The Morgan fingerprint density at radius 3 is 2.11 bits per heavy atom. The van der Waals surface area contributed by atoms with E-state index in [-0.39, 0.29) is 12.1 Å². The molecule has 0 aromatic heterocycles. The van der Waals surface area contributed by atoms with E-state index in [2.05, 4.69) is 0 Å². The number of halogens is 2. The molecule has 6 nitrogen and oxygen atoms in total. The van der Waals surface area contributed by atoms with Crippen LogP contribution in [0.5, 0.6) is 0 Å². The van der Waals surface area contributed by atoms with E-state index in [9.17, 15) is 23.2 Å². The predicted molar refractivity (Wildman–Crippen MR) is 129 cm³/mol.